The number of aromatic nitrogens is 5. The molecule has 144 valence electrons. The fraction of sp³-hybridized carbons (Fsp3) is 0.263. The number of pyridine rings is 2. The van der Waals surface area contributed by atoms with Crippen LogP contribution < -0.4 is 16.8 Å². The summed E-state index contributed by atoms with van der Waals surface area (Å²) in [4.78, 5) is 4.12. The Morgan fingerprint density at radius 3 is 2.89 bits per heavy atom. The van der Waals surface area contributed by atoms with Gasteiger partial charge in [-0.25, -0.2) is 0 Å². The molecule has 28 heavy (non-hydrogen) atoms. The summed E-state index contributed by atoms with van der Waals surface area (Å²) in [5, 5.41) is 15.9. The van der Waals surface area contributed by atoms with Crippen molar-refractivity contribution in [2.45, 2.75) is 12.8 Å². The van der Waals surface area contributed by atoms with Gasteiger partial charge in [0, 0.05) is 36.6 Å². The van der Waals surface area contributed by atoms with Crippen molar-refractivity contribution < 1.29 is 4.74 Å². The van der Waals surface area contributed by atoms with Crippen LogP contribution in [0.25, 0.3) is 16.6 Å². The number of nitrogens with zero attached hydrogens (tertiary/aromatic N) is 5. The molecule has 0 saturated carbocycles. The third-order valence-corrected chi connectivity index (χ3v) is 4.56. The van der Waals surface area contributed by atoms with E-state index in [9.17, 15) is 0 Å². The molecule has 3 aromatic heterocycles. The second-order valence-electron chi connectivity index (χ2n) is 6.45. The largest absolute Gasteiger partial charge is 0.398 e. The molecule has 0 bridgehead atoms. The molecule has 0 spiro atoms. The quantitative estimate of drug-likeness (QED) is 0.313. The Bertz CT molecular complexity index is 1080. The summed E-state index contributed by atoms with van der Waals surface area (Å²) in [5.41, 5.74) is 16.8. The van der Waals surface area contributed by atoms with Gasteiger partial charge in [-0.2, -0.15) is 4.52 Å². The first kappa shape index (κ1) is 17.9. The molecule has 4 rings (SSSR count). The first-order valence-electron chi connectivity index (χ1n) is 9.14. The lowest BCUT2D eigenvalue weighted by Gasteiger charge is -2.15. The van der Waals surface area contributed by atoms with Gasteiger partial charge in [0.15, 0.2) is 0 Å². The van der Waals surface area contributed by atoms with Crippen LogP contribution in [-0.4, -0.2) is 44.8 Å². The maximum atomic E-state index is 6.30. The number of nitrogens with one attached hydrogen (secondary N) is 1. The number of nitrogen functional groups attached to an aromatic ring is 2. The molecule has 0 unspecified atom stereocenters. The van der Waals surface area contributed by atoms with E-state index in [1.165, 1.54) is 5.56 Å². The van der Waals surface area contributed by atoms with Gasteiger partial charge >= 0.3 is 0 Å². The Morgan fingerprint density at radius 1 is 1.11 bits per heavy atom. The van der Waals surface area contributed by atoms with E-state index in [-0.39, 0.29) is 0 Å². The highest BCUT2D eigenvalue weighted by Crippen LogP contribution is 2.35. The van der Waals surface area contributed by atoms with Gasteiger partial charge in [0.25, 0.3) is 0 Å². The SMILES string of the molecule is Nc1cccc2c1c(NCCOCCCc1cccnc1)c(N)c1nnnn12. The first-order valence-corrected chi connectivity index (χ1v) is 9.14. The Kier molecular flexibility index (Phi) is 5.16. The number of hydrogen-bond acceptors (Lipinski definition) is 8. The molecule has 0 aliphatic rings. The zero-order chi connectivity index (χ0) is 19.3. The van der Waals surface area contributed by atoms with E-state index in [4.69, 9.17) is 16.2 Å². The number of rotatable bonds is 8. The molecule has 0 amide bonds. The average molecular weight is 378 g/mol. The van der Waals surface area contributed by atoms with Crippen LogP contribution in [0, 0.1) is 0 Å². The van der Waals surface area contributed by atoms with E-state index < -0.39 is 0 Å². The van der Waals surface area contributed by atoms with Crippen LogP contribution in [0.1, 0.15) is 12.0 Å². The van der Waals surface area contributed by atoms with Crippen molar-refractivity contribution in [1.29, 1.82) is 0 Å². The molecule has 0 atom stereocenters. The number of tetrazole rings is 1. The Hall–Kier alpha value is -3.46. The summed E-state index contributed by atoms with van der Waals surface area (Å²) in [7, 11) is 0. The van der Waals surface area contributed by atoms with Crippen LogP contribution in [0.15, 0.2) is 42.7 Å². The second-order valence-corrected chi connectivity index (χ2v) is 6.45. The van der Waals surface area contributed by atoms with Crippen LogP contribution in [0.4, 0.5) is 17.1 Å². The van der Waals surface area contributed by atoms with E-state index in [2.05, 4.69) is 31.9 Å². The van der Waals surface area contributed by atoms with Gasteiger partial charge in [0.1, 0.15) is 5.69 Å². The van der Waals surface area contributed by atoms with Crippen LogP contribution in [0.2, 0.25) is 0 Å². The highest BCUT2D eigenvalue weighted by molar-refractivity contribution is 6.08. The standard InChI is InChI=1S/C19H22N8O/c20-14-6-1-7-15-16(14)18(17(21)19-24-25-26-27(15)19)23-9-11-28-10-3-5-13-4-2-8-22-12-13/h1-2,4,6-8,12,23H,3,5,9-11,20-21H2. The normalized spacial score (nSPS) is 11.3. The summed E-state index contributed by atoms with van der Waals surface area (Å²) in [6.45, 7) is 1.83. The molecular formula is C19H22N8O. The fourth-order valence-electron chi connectivity index (χ4n) is 3.23. The topological polar surface area (TPSA) is 129 Å². The van der Waals surface area contributed by atoms with Crippen molar-refractivity contribution in [2.75, 3.05) is 36.5 Å². The number of fused-ring (bicyclic) bond motifs is 3. The lowest BCUT2D eigenvalue weighted by atomic mass is 10.1. The number of ether oxygens (including phenoxy) is 1. The van der Waals surface area contributed by atoms with Crippen molar-refractivity contribution in [1.82, 2.24) is 25.0 Å². The van der Waals surface area contributed by atoms with Crippen LogP contribution in [0.3, 0.4) is 0 Å². The minimum atomic E-state index is 0.465. The summed E-state index contributed by atoms with van der Waals surface area (Å²) in [5.74, 6) is 0. The van der Waals surface area contributed by atoms with Gasteiger partial charge in [-0.05, 0) is 47.0 Å². The minimum Gasteiger partial charge on any atom is -0.398 e. The van der Waals surface area contributed by atoms with Crippen molar-refractivity contribution in [3.05, 3.63) is 48.3 Å². The molecule has 1 aromatic carbocycles. The van der Waals surface area contributed by atoms with Crippen LogP contribution in [-0.2, 0) is 11.2 Å². The summed E-state index contributed by atoms with van der Waals surface area (Å²) < 4.78 is 7.33. The second kappa shape index (κ2) is 8.05. The lowest BCUT2D eigenvalue weighted by molar-refractivity contribution is 0.141. The van der Waals surface area contributed by atoms with E-state index in [0.29, 0.717) is 36.8 Å². The Morgan fingerprint density at radius 2 is 2.04 bits per heavy atom. The van der Waals surface area contributed by atoms with Crippen LogP contribution in [0.5, 0.6) is 0 Å². The van der Waals surface area contributed by atoms with Crippen molar-refractivity contribution >= 4 is 33.6 Å². The van der Waals surface area contributed by atoms with Gasteiger partial charge in [-0.15, -0.1) is 5.10 Å². The average Bonchev–Trinajstić information content (AvgIpc) is 3.21. The van der Waals surface area contributed by atoms with E-state index in [1.807, 2.05) is 30.5 Å². The molecule has 5 N–H and O–H groups in total. The van der Waals surface area contributed by atoms with E-state index in [1.54, 1.807) is 10.7 Å². The third kappa shape index (κ3) is 3.52. The zero-order valence-corrected chi connectivity index (χ0v) is 15.4. The van der Waals surface area contributed by atoms with E-state index in [0.717, 1.165) is 29.4 Å². The molecule has 0 saturated heterocycles. The van der Waals surface area contributed by atoms with Gasteiger partial charge in [-0.1, -0.05) is 12.1 Å². The summed E-state index contributed by atoms with van der Waals surface area (Å²) in [6, 6.07) is 9.63. The molecule has 0 aliphatic carbocycles. The number of hydrogen-bond donors (Lipinski definition) is 3. The third-order valence-electron chi connectivity index (χ3n) is 4.56. The zero-order valence-electron chi connectivity index (χ0n) is 15.4. The van der Waals surface area contributed by atoms with Crippen molar-refractivity contribution in [3.8, 4) is 0 Å². The molecule has 3 heterocycles. The number of nitrogens with two attached hydrogens (primary N) is 2. The highest BCUT2D eigenvalue weighted by Gasteiger charge is 2.16. The molecule has 4 aromatic rings. The first-order chi connectivity index (χ1) is 13.8. The Balaban J connectivity index is 1.38. The van der Waals surface area contributed by atoms with Gasteiger partial charge in [-0.3, -0.25) is 4.98 Å². The number of benzene rings is 1. The monoisotopic (exact) mass is 378 g/mol. The van der Waals surface area contributed by atoms with E-state index >= 15 is 0 Å². The minimum absolute atomic E-state index is 0.465. The van der Waals surface area contributed by atoms with Crippen molar-refractivity contribution in [2.24, 2.45) is 0 Å². The van der Waals surface area contributed by atoms with Gasteiger partial charge in [0.2, 0.25) is 5.65 Å². The maximum absolute atomic E-state index is 6.30. The van der Waals surface area contributed by atoms with Gasteiger partial charge in [0.05, 0.1) is 17.8 Å². The number of anilines is 3. The highest BCUT2D eigenvalue weighted by atomic mass is 16.5. The molecular weight excluding hydrogens is 356 g/mol. The van der Waals surface area contributed by atoms with Gasteiger partial charge < -0.3 is 21.5 Å². The molecule has 9 nitrogen and oxygen atoms in total. The maximum Gasteiger partial charge on any atom is 0.204 e. The predicted octanol–water partition coefficient (Wildman–Crippen LogP) is 1.90. The smallest absolute Gasteiger partial charge is 0.204 e. The molecule has 0 aliphatic heterocycles. The lowest BCUT2D eigenvalue weighted by Crippen LogP contribution is -2.13. The molecule has 0 radical (unpaired) electrons. The summed E-state index contributed by atoms with van der Waals surface area (Å²) >= 11 is 0. The van der Waals surface area contributed by atoms with Crippen molar-refractivity contribution in [3.63, 3.8) is 0 Å². The van der Waals surface area contributed by atoms with Crippen LogP contribution >= 0.6 is 0 Å². The predicted molar refractivity (Wildman–Crippen MR) is 109 cm³/mol. The summed E-state index contributed by atoms with van der Waals surface area (Å²) in [6.07, 6.45) is 5.56. The fourth-order valence-corrected chi connectivity index (χ4v) is 3.23. The number of aryl methyl sites for hydroxylation is 1. The molecule has 9 heteroatoms. The molecule has 0 fully saturated rings. The Labute approximate surface area is 161 Å².